The molecule has 0 aliphatic heterocycles. The van der Waals surface area contributed by atoms with E-state index in [1.54, 1.807) is 18.2 Å². The number of hydroxylamine groups is 1. The fourth-order valence-corrected chi connectivity index (χ4v) is 2.03. The molecule has 0 saturated carbocycles. The molecular formula is C11H12BrN5O3. The molecule has 1 N–H and O–H groups in total. The maximum absolute atomic E-state index is 11.9. The molecule has 0 aliphatic rings. The normalized spacial score (nSPS) is 10.6. The monoisotopic (exact) mass is 341 g/mol. The second kappa shape index (κ2) is 5.97. The van der Waals surface area contributed by atoms with Gasteiger partial charge in [0, 0.05) is 24.0 Å². The van der Waals surface area contributed by atoms with E-state index in [2.05, 4.69) is 31.8 Å². The molecule has 0 unspecified atom stereocenters. The molecule has 0 bridgehead atoms. The van der Waals surface area contributed by atoms with E-state index in [9.17, 15) is 9.59 Å². The number of nitrogens with zero attached hydrogens (tertiary/aromatic N) is 4. The van der Waals surface area contributed by atoms with Gasteiger partial charge >= 0.3 is 5.69 Å². The third-order valence-corrected chi connectivity index (χ3v) is 3.22. The van der Waals surface area contributed by atoms with Crippen molar-refractivity contribution in [2.75, 3.05) is 0 Å². The number of tetrazole rings is 1. The number of amides is 1. The number of nitrogens with one attached hydrogen (secondary N) is 1. The number of aryl methyl sites for hydroxylation is 1. The average Bonchev–Trinajstić information content (AvgIpc) is 2.72. The van der Waals surface area contributed by atoms with Gasteiger partial charge in [0.15, 0.2) is 0 Å². The molecule has 0 fully saturated rings. The lowest BCUT2D eigenvalue weighted by atomic mass is 10.2. The Bertz CT molecular complexity index is 694. The molecule has 20 heavy (non-hydrogen) atoms. The molecule has 9 heteroatoms. The van der Waals surface area contributed by atoms with E-state index in [4.69, 9.17) is 4.84 Å². The van der Waals surface area contributed by atoms with Gasteiger partial charge in [-0.25, -0.2) is 10.3 Å². The molecule has 0 saturated heterocycles. The summed E-state index contributed by atoms with van der Waals surface area (Å²) in [7, 11) is 1.51. The Morgan fingerprint density at radius 3 is 2.80 bits per heavy atom. The van der Waals surface area contributed by atoms with Crippen LogP contribution < -0.4 is 11.2 Å². The molecule has 8 nitrogen and oxygen atoms in total. The molecule has 0 atom stereocenters. The van der Waals surface area contributed by atoms with Crippen molar-refractivity contribution >= 4 is 21.8 Å². The standard InChI is InChI=1S/C11H12BrN5O3/c1-7(18)13-20-6-8-9(12)4-3-5-10(8)17-11(19)16(2)14-15-17/h3-5H,6H2,1-2H3,(H,13,18). The van der Waals surface area contributed by atoms with Crippen molar-refractivity contribution in [3.8, 4) is 5.69 Å². The van der Waals surface area contributed by atoms with Crippen LogP contribution in [0, 0.1) is 0 Å². The van der Waals surface area contributed by atoms with Crippen molar-refractivity contribution in [3.05, 3.63) is 38.7 Å². The Morgan fingerprint density at radius 2 is 2.20 bits per heavy atom. The first kappa shape index (κ1) is 14.4. The lowest BCUT2D eigenvalue weighted by Gasteiger charge is -2.10. The van der Waals surface area contributed by atoms with E-state index in [0.29, 0.717) is 11.3 Å². The maximum atomic E-state index is 11.9. The number of carbonyl (C=O) groups excluding carboxylic acids is 1. The molecule has 2 rings (SSSR count). The van der Waals surface area contributed by atoms with Crippen LogP contribution >= 0.6 is 15.9 Å². The second-order valence-corrected chi connectivity index (χ2v) is 4.84. The van der Waals surface area contributed by atoms with Crippen LogP contribution in [0.4, 0.5) is 0 Å². The smallest absolute Gasteiger partial charge is 0.273 e. The van der Waals surface area contributed by atoms with Crippen molar-refractivity contribution in [2.45, 2.75) is 13.5 Å². The maximum Gasteiger partial charge on any atom is 0.368 e. The molecule has 0 aliphatic carbocycles. The van der Waals surface area contributed by atoms with E-state index >= 15 is 0 Å². The Hall–Kier alpha value is -2.00. The van der Waals surface area contributed by atoms with Gasteiger partial charge in [0.2, 0.25) is 5.91 Å². The van der Waals surface area contributed by atoms with Gasteiger partial charge in [-0.15, -0.1) is 0 Å². The number of rotatable bonds is 4. The van der Waals surface area contributed by atoms with Crippen LogP contribution in [-0.2, 0) is 23.3 Å². The Morgan fingerprint density at radius 1 is 1.45 bits per heavy atom. The molecule has 0 spiro atoms. The SMILES string of the molecule is CC(=O)NOCc1c(Br)cccc1-n1nnn(C)c1=O. The summed E-state index contributed by atoms with van der Waals surface area (Å²) in [6.07, 6.45) is 0. The second-order valence-electron chi connectivity index (χ2n) is 3.98. The first-order valence-electron chi connectivity index (χ1n) is 5.66. The number of carbonyl (C=O) groups is 1. The van der Waals surface area contributed by atoms with E-state index in [1.807, 2.05) is 0 Å². The Kier molecular flexibility index (Phi) is 4.30. The molecule has 1 heterocycles. The minimum atomic E-state index is -0.371. The third kappa shape index (κ3) is 2.94. The van der Waals surface area contributed by atoms with Gasteiger partial charge in [-0.3, -0.25) is 9.63 Å². The summed E-state index contributed by atoms with van der Waals surface area (Å²) < 4.78 is 3.02. The van der Waals surface area contributed by atoms with Crippen molar-refractivity contribution < 1.29 is 9.63 Å². The number of hydrogen-bond acceptors (Lipinski definition) is 5. The van der Waals surface area contributed by atoms with Crippen LogP contribution in [-0.4, -0.2) is 25.7 Å². The molecule has 106 valence electrons. The topological polar surface area (TPSA) is 91.0 Å². The predicted octanol–water partition coefficient (Wildman–Crippen LogP) is 0.296. The highest BCUT2D eigenvalue weighted by atomic mass is 79.9. The first-order chi connectivity index (χ1) is 9.50. The quantitative estimate of drug-likeness (QED) is 0.807. The van der Waals surface area contributed by atoms with Crippen LogP contribution in [0.2, 0.25) is 0 Å². The van der Waals surface area contributed by atoms with E-state index in [1.165, 1.54) is 14.0 Å². The molecule has 1 aromatic carbocycles. The summed E-state index contributed by atoms with van der Waals surface area (Å²) in [5.74, 6) is -0.310. The van der Waals surface area contributed by atoms with Crippen molar-refractivity contribution in [3.63, 3.8) is 0 Å². The molecule has 2 aromatic rings. The number of hydrogen-bond donors (Lipinski definition) is 1. The van der Waals surface area contributed by atoms with E-state index in [0.717, 1.165) is 13.8 Å². The van der Waals surface area contributed by atoms with Crippen LogP contribution in [0.25, 0.3) is 5.69 Å². The van der Waals surface area contributed by atoms with Gasteiger partial charge in [0.05, 0.1) is 5.69 Å². The average molecular weight is 342 g/mol. The molecular weight excluding hydrogens is 330 g/mol. The molecule has 0 radical (unpaired) electrons. The summed E-state index contributed by atoms with van der Waals surface area (Å²) in [5, 5.41) is 7.45. The summed E-state index contributed by atoms with van der Waals surface area (Å²) in [6, 6.07) is 5.28. The minimum Gasteiger partial charge on any atom is -0.273 e. The fourth-order valence-electron chi connectivity index (χ4n) is 1.56. The van der Waals surface area contributed by atoms with E-state index < -0.39 is 0 Å². The van der Waals surface area contributed by atoms with Gasteiger partial charge < -0.3 is 0 Å². The first-order valence-corrected chi connectivity index (χ1v) is 6.45. The summed E-state index contributed by atoms with van der Waals surface area (Å²) in [6.45, 7) is 1.42. The largest absolute Gasteiger partial charge is 0.368 e. The summed E-state index contributed by atoms with van der Waals surface area (Å²) in [4.78, 5) is 27.8. The van der Waals surface area contributed by atoms with Crippen LogP contribution in [0.15, 0.2) is 27.5 Å². The lowest BCUT2D eigenvalue weighted by molar-refractivity contribution is -0.132. The van der Waals surface area contributed by atoms with Gasteiger partial charge in [-0.05, 0) is 22.6 Å². The Labute approximate surface area is 122 Å². The van der Waals surface area contributed by atoms with E-state index in [-0.39, 0.29) is 18.2 Å². The lowest BCUT2D eigenvalue weighted by Crippen LogP contribution is -2.24. The predicted molar refractivity (Wildman–Crippen MR) is 72.9 cm³/mol. The van der Waals surface area contributed by atoms with Crippen LogP contribution in [0.5, 0.6) is 0 Å². The van der Waals surface area contributed by atoms with Crippen LogP contribution in [0.3, 0.4) is 0 Å². The van der Waals surface area contributed by atoms with Crippen molar-refractivity contribution in [2.24, 2.45) is 7.05 Å². The highest BCUT2D eigenvalue weighted by Gasteiger charge is 2.13. The highest BCUT2D eigenvalue weighted by Crippen LogP contribution is 2.23. The Balaban J connectivity index is 2.38. The van der Waals surface area contributed by atoms with Gasteiger partial charge in [-0.2, -0.15) is 9.36 Å². The minimum absolute atomic E-state index is 0.0827. The summed E-state index contributed by atoms with van der Waals surface area (Å²) >= 11 is 3.38. The fraction of sp³-hybridized carbons (Fsp3) is 0.273. The third-order valence-electron chi connectivity index (χ3n) is 2.48. The number of benzene rings is 1. The van der Waals surface area contributed by atoms with Gasteiger partial charge in [0.1, 0.15) is 6.61 Å². The number of aromatic nitrogens is 4. The van der Waals surface area contributed by atoms with Crippen LogP contribution in [0.1, 0.15) is 12.5 Å². The number of halogens is 1. The zero-order valence-corrected chi connectivity index (χ0v) is 12.4. The van der Waals surface area contributed by atoms with Gasteiger partial charge in [-0.1, -0.05) is 22.0 Å². The van der Waals surface area contributed by atoms with Gasteiger partial charge in [0.25, 0.3) is 0 Å². The summed E-state index contributed by atoms with van der Waals surface area (Å²) in [5.41, 5.74) is 3.06. The van der Waals surface area contributed by atoms with Crippen molar-refractivity contribution in [1.29, 1.82) is 0 Å². The zero-order valence-electron chi connectivity index (χ0n) is 10.8. The highest BCUT2D eigenvalue weighted by molar-refractivity contribution is 9.10. The zero-order chi connectivity index (χ0) is 14.7. The molecule has 1 aromatic heterocycles. The molecule has 1 amide bonds. The van der Waals surface area contributed by atoms with Crippen molar-refractivity contribution in [1.82, 2.24) is 25.3 Å².